The Balaban J connectivity index is 2.14. The van der Waals surface area contributed by atoms with E-state index in [0.29, 0.717) is 22.4 Å². The lowest BCUT2D eigenvalue weighted by atomic mass is 10.1. The molecule has 1 aromatic carbocycles. The van der Waals surface area contributed by atoms with Crippen molar-refractivity contribution < 1.29 is 0 Å². The van der Waals surface area contributed by atoms with Crippen LogP contribution in [0.15, 0.2) is 18.2 Å². The van der Waals surface area contributed by atoms with Gasteiger partial charge in [0.25, 0.3) is 0 Å². The molecule has 0 aliphatic heterocycles. The number of benzene rings is 1. The number of nitrogen functional groups attached to an aromatic ring is 1. The normalized spacial score (nSPS) is 11.4. The molecule has 2 N–H and O–H groups in total. The molecule has 0 aliphatic carbocycles. The third kappa shape index (κ3) is 4.05. The van der Waals surface area contributed by atoms with Crippen LogP contribution >= 0.6 is 11.6 Å². The lowest BCUT2D eigenvalue weighted by Gasteiger charge is -2.11. The third-order valence-corrected chi connectivity index (χ3v) is 4.70. The second-order valence-corrected chi connectivity index (χ2v) is 7.23. The van der Waals surface area contributed by atoms with Gasteiger partial charge in [-0.1, -0.05) is 23.7 Å². The zero-order chi connectivity index (χ0) is 21.3. The fourth-order valence-electron chi connectivity index (χ4n) is 2.77. The van der Waals surface area contributed by atoms with Crippen molar-refractivity contribution in [1.82, 2.24) is 24.7 Å². The van der Waals surface area contributed by atoms with Gasteiger partial charge < -0.3 is 10.6 Å². The van der Waals surface area contributed by atoms with Crippen molar-refractivity contribution in [2.24, 2.45) is 0 Å². The fraction of sp³-hybridized carbons (Fsp3) is 0.250. The van der Waals surface area contributed by atoms with Crippen LogP contribution in [0.1, 0.15) is 28.2 Å². The minimum atomic E-state index is 0.0359. The van der Waals surface area contributed by atoms with Gasteiger partial charge in [-0.2, -0.15) is 25.3 Å². The topological polar surface area (TPSA) is 110 Å². The van der Waals surface area contributed by atoms with Crippen LogP contribution < -0.4 is 10.6 Å². The number of halogens is 1. The summed E-state index contributed by atoms with van der Waals surface area (Å²) in [6.07, 6.45) is 1.63. The Hall–Kier alpha value is -3.44. The highest BCUT2D eigenvalue weighted by Crippen LogP contribution is 2.29. The quantitative estimate of drug-likeness (QED) is 0.659. The molecule has 0 radical (unpaired) electrons. The first-order valence-corrected chi connectivity index (χ1v) is 9.23. The third-order valence-electron chi connectivity index (χ3n) is 4.33. The Labute approximate surface area is 174 Å². The zero-order valence-corrected chi connectivity index (χ0v) is 17.7. The lowest BCUT2D eigenvalue weighted by molar-refractivity contribution is 0.855. The van der Waals surface area contributed by atoms with E-state index in [1.54, 1.807) is 29.8 Å². The molecule has 148 valence electrons. The maximum atomic E-state index is 9.70. The Kier molecular flexibility index (Phi) is 5.52. The molecule has 0 fully saturated rings. The van der Waals surface area contributed by atoms with Crippen molar-refractivity contribution in [2.75, 3.05) is 24.7 Å². The van der Waals surface area contributed by atoms with E-state index in [1.807, 2.05) is 39.0 Å². The monoisotopic (exact) mass is 408 g/mol. The minimum Gasteiger partial charge on any atom is -0.368 e. The molecular weight excluding hydrogens is 388 g/mol. The molecule has 0 amide bonds. The average molecular weight is 409 g/mol. The Bertz CT molecular complexity index is 1150. The van der Waals surface area contributed by atoms with Gasteiger partial charge in [0.15, 0.2) is 5.82 Å². The van der Waals surface area contributed by atoms with Crippen LogP contribution in [-0.4, -0.2) is 38.8 Å². The summed E-state index contributed by atoms with van der Waals surface area (Å²) >= 11 is 6.65. The Morgan fingerprint density at radius 1 is 1.21 bits per heavy atom. The number of hydrogen-bond donors (Lipinski definition) is 1. The molecule has 0 saturated heterocycles. The van der Waals surface area contributed by atoms with Gasteiger partial charge in [0.1, 0.15) is 11.2 Å². The maximum absolute atomic E-state index is 9.70. The second-order valence-electron chi connectivity index (χ2n) is 6.87. The first-order valence-electron chi connectivity index (χ1n) is 8.85. The van der Waals surface area contributed by atoms with Gasteiger partial charge in [-0.15, -0.1) is 0 Å². The van der Waals surface area contributed by atoms with Gasteiger partial charge in [-0.25, -0.2) is 4.68 Å². The predicted molar refractivity (Wildman–Crippen MR) is 115 cm³/mol. The van der Waals surface area contributed by atoms with Crippen LogP contribution in [0.3, 0.4) is 0 Å². The summed E-state index contributed by atoms with van der Waals surface area (Å²) in [4.78, 5) is 14.2. The summed E-state index contributed by atoms with van der Waals surface area (Å²) in [5.74, 6) is 0.579. The molecule has 2 aromatic heterocycles. The molecule has 9 heteroatoms. The SMILES string of the molecule is Cc1ccc(C)c(-n2nc(C)c(/C=C(\C#N)c3nc(N)nc(N(C)C)n3)c2Cl)c1. The Morgan fingerprint density at radius 3 is 2.59 bits per heavy atom. The molecule has 0 aliphatic rings. The van der Waals surface area contributed by atoms with Gasteiger partial charge in [0.05, 0.1) is 17.0 Å². The number of anilines is 2. The highest BCUT2D eigenvalue weighted by Gasteiger charge is 2.17. The van der Waals surface area contributed by atoms with Crippen LogP contribution in [-0.2, 0) is 0 Å². The van der Waals surface area contributed by atoms with E-state index in [1.165, 1.54) is 0 Å². The van der Waals surface area contributed by atoms with E-state index in [-0.39, 0.29) is 17.3 Å². The molecule has 8 nitrogen and oxygen atoms in total. The number of aryl methyl sites for hydroxylation is 3. The highest BCUT2D eigenvalue weighted by atomic mass is 35.5. The average Bonchev–Trinajstić information content (AvgIpc) is 2.94. The second kappa shape index (κ2) is 7.89. The van der Waals surface area contributed by atoms with Gasteiger partial charge >= 0.3 is 0 Å². The largest absolute Gasteiger partial charge is 0.368 e. The number of hydrogen-bond acceptors (Lipinski definition) is 7. The van der Waals surface area contributed by atoms with Crippen LogP contribution in [0.2, 0.25) is 5.15 Å². The maximum Gasteiger partial charge on any atom is 0.230 e. The molecule has 29 heavy (non-hydrogen) atoms. The molecule has 0 atom stereocenters. The molecule has 3 rings (SSSR count). The van der Waals surface area contributed by atoms with E-state index >= 15 is 0 Å². The van der Waals surface area contributed by atoms with E-state index in [9.17, 15) is 5.26 Å². The van der Waals surface area contributed by atoms with Gasteiger partial charge in [-0.3, -0.25) is 0 Å². The van der Waals surface area contributed by atoms with Crippen molar-refractivity contribution in [1.29, 1.82) is 5.26 Å². The van der Waals surface area contributed by atoms with Crippen LogP contribution in [0.25, 0.3) is 17.3 Å². The summed E-state index contributed by atoms with van der Waals surface area (Å²) in [6.45, 7) is 5.84. The number of allylic oxidation sites excluding steroid dienone is 1. The number of aromatic nitrogens is 5. The predicted octanol–water partition coefficient (Wildman–Crippen LogP) is 3.35. The summed E-state index contributed by atoms with van der Waals surface area (Å²) in [7, 11) is 3.56. The Morgan fingerprint density at radius 2 is 1.93 bits per heavy atom. The van der Waals surface area contributed by atoms with Gasteiger partial charge in [0, 0.05) is 19.7 Å². The van der Waals surface area contributed by atoms with Crippen molar-refractivity contribution in [3.05, 3.63) is 51.6 Å². The van der Waals surface area contributed by atoms with Crippen molar-refractivity contribution >= 4 is 35.1 Å². The zero-order valence-electron chi connectivity index (χ0n) is 16.9. The summed E-state index contributed by atoms with van der Waals surface area (Å²) in [5, 5.41) is 14.7. The number of rotatable bonds is 4. The van der Waals surface area contributed by atoms with E-state index in [0.717, 1.165) is 16.8 Å². The first kappa shape index (κ1) is 20.3. The van der Waals surface area contributed by atoms with Gasteiger partial charge in [0.2, 0.25) is 11.9 Å². The van der Waals surface area contributed by atoms with Gasteiger partial charge in [-0.05, 0) is 44.0 Å². The van der Waals surface area contributed by atoms with E-state index in [4.69, 9.17) is 17.3 Å². The molecule has 3 aromatic rings. The van der Waals surface area contributed by atoms with Crippen molar-refractivity contribution in [3.8, 4) is 11.8 Å². The standard InChI is InChI=1S/C20H21ClN8/c1-11-6-7-12(2)16(8-11)29-17(21)15(13(3)27-29)9-14(10-22)18-24-19(23)26-20(25-18)28(4)5/h6-9H,1-5H3,(H2,23,24,25,26)/b14-9+. The number of nitrogens with two attached hydrogens (primary N) is 1. The first-order chi connectivity index (χ1) is 13.7. The number of nitriles is 1. The van der Waals surface area contributed by atoms with Crippen molar-refractivity contribution in [2.45, 2.75) is 20.8 Å². The molecule has 0 bridgehead atoms. The van der Waals surface area contributed by atoms with Crippen LogP contribution in [0, 0.1) is 32.1 Å². The molecular formula is C20H21ClN8. The van der Waals surface area contributed by atoms with Crippen LogP contribution in [0.5, 0.6) is 0 Å². The molecule has 0 unspecified atom stereocenters. The van der Waals surface area contributed by atoms with E-state index in [2.05, 4.69) is 26.1 Å². The summed E-state index contributed by atoms with van der Waals surface area (Å²) in [6, 6.07) is 8.19. The van der Waals surface area contributed by atoms with E-state index < -0.39 is 0 Å². The number of nitrogens with zero attached hydrogens (tertiary/aromatic N) is 7. The smallest absolute Gasteiger partial charge is 0.230 e. The fourth-order valence-corrected chi connectivity index (χ4v) is 3.09. The molecule has 0 spiro atoms. The molecule has 0 saturated carbocycles. The molecule has 2 heterocycles. The minimum absolute atomic E-state index is 0.0359. The lowest BCUT2D eigenvalue weighted by Crippen LogP contribution is -2.15. The summed E-state index contributed by atoms with van der Waals surface area (Å²) < 4.78 is 1.67. The van der Waals surface area contributed by atoms with Crippen LogP contribution in [0.4, 0.5) is 11.9 Å². The highest BCUT2D eigenvalue weighted by molar-refractivity contribution is 6.31. The van der Waals surface area contributed by atoms with Crippen molar-refractivity contribution in [3.63, 3.8) is 0 Å². The summed E-state index contributed by atoms with van der Waals surface area (Å²) in [5.41, 5.74) is 10.3.